The van der Waals surface area contributed by atoms with Crippen LogP contribution in [0.4, 0.5) is 5.69 Å². The van der Waals surface area contributed by atoms with Crippen LogP contribution in [0.15, 0.2) is 50.1 Å². The van der Waals surface area contributed by atoms with Gasteiger partial charge in [0.25, 0.3) is 5.91 Å². The lowest BCUT2D eigenvalue weighted by Crippen LogP contribution is -2.20. The van der Waals surface area contributed by atoms with Crippen LogP contribution < -0.4 is 15.7 Å². The topological polar surface area (TPSA) is 88.8 Å². The van der Waals surface area contributed by atoms with E-state index in [-0.39, 0.29) is 29.7 Å². The third-order valence-corrected chi connectivity index (χ3v) is 5.15. The number of hydrogen-bond acceptors (Lipinski definition) is 5. The van der Waals surface area contributed by atoms with Gasteiger partial charge in [0, 0.05) is 33.6 Å². The maximum absolute atomic E-state index is 12.3. The first-order chi connectivity index (χ1) is 13.7. The second kappa shape index (κ2) is 8.98. The largest absolute Gasteiger partial charge is 0.482 e. The van der Waals surface area contributed by atoms with Crippen LogP contribution in [0.2, 0.25) is 5.02 Å². The molecule has 3 aromatic rings. The Labute approximate surface area is 180 Å². The zero-order chi connectivity index (χ0) is 21.1. The Morgan fingerprint density at radius 3 is 2.66 bits per heavy atom. The predicted octanol–water partition coefficient (Wildman–Crippen LogP) is 4.46. The maximum atomic E-state index is 12.3. The first-order valence-corrected chi connectivity index (χ1v) is 10.0. The molecule has 0 saturated heterocycles. The molecule has 2 aromatic carbocycles. The number of halogens is 2. The normalized spacial score (nSPS) is 12.0. The van der Waals surface area contributed by atoms with Gasteiger partial charge in [-0.05, 0) is 49.7 Å². The van der Waals surface area contributed by atoms with Crippen LogP contribution in [-0.4, -0.2) is 23.7 Å². The van der Waals surface area contributed by atoms with Crippen molar-refractivity contribution in [1.29, 1.82) is 0 Å². The monoisotopic (exact) mass is 479 g/mol. The van der Waals surface area contributed by atoms with E-state index in [1.165, 1.54) is 6.07 Å². The number of anilines is 1. The molecule has 6 nitrogen and oxygen atoms in total. The molecule has 0 aliphatic carbocycles. The highest BCUT2D eigenvalue weighted by atomic mass is 79.9. The molecule has 3 rings (SSSR count). The summed E-state index contributed by atoms with van der Waals surface area (Å²) in [7, 11) is 0. The molecule has 0 radical (unpaired) electrons. The highest BCUT2D eigenvalue weighted by Gasteiger charge is 2.16. The highest BCUT2D eigenvalue weighted by molar-refractivity contribution is 9.10. The van der Waals surface area contributed by atoms with Gasteiger partial charge in [0.15, 0.2) is 6.61 Å². The molecular formula is C21H19BrClNO5. The fourth-order valence-electron chi connectivity index (χ4n) is 2.91. The van der Waals surface area contributed by atoms with E-state index in [0.29, 0.717) is 27.8 Å². The lowest BCUT2D eigenvalue weighted by molar-refractivity contribution is -0.118. The van der Waals surface area contributed by atoms with Gasteiger partial charge in [0.1, 0.15) is 11.3 Å². The number of carbonyl (C=O) groups is 1. The number of carbonyl (C=O) groups excluding carboxylic acids is 1. The van der Waals surface area contributed by atoms with Crippen molar-refractivity contribution in [2.24, 2.45) is 0 Å². The summed E-state index contributed by atoms with van der Waals surface area (Å²) in [5.74, 6) is -0.121. The molecule has 2 N–H and O–H groups in total. The number of aryl methyl sites for hydroxylation is 1. The molecule has 1 amide bonds. The number of benzene rings is 2. The van der Waals surface area contributed by atoms with Crippen molar-refractivity contribution < 1.29 is 19.1 Å². The van der Waals surface area contributed by atoms with Crippen LogP contribution in [0.1, 0.15) is 18.1 Å². The van der Waals surface area contributed by atoms with Gasteiger partial charge in [-0.15, -0.1) is 0 Å². The van der Waals surface area contributed by atoms with Crippen molar-refractivity contribution in [3.8, 4) is 5.75 Å². The van der Waals surface area contributed by atoms with E-state index in [4.69, 9.17) is 20.8 Å². The molecule has 1 heterocycles. The first-order valence-electron chi connectivity index (χ1n) is 8.86. The summed E-state index contributed by atoms with van der Waals surface area (Å²) in [6.07, 6.45) is -0.479. The number of hydrogen-bond donors (Lipinski definition) is 2. The molecule has 0 spiro atoms. The zero-order valence-electron chi connectivity index (χ0n) is 15.8. The van der Waals surface area contributed by atoms with Crippen LogP contribution in [0, 0.1) is 6.92 Å². The average molecular weight is 481 g/mol. The molecule has 0 unspecified atom stereocenters. The number of aliphatic hydroxyl groups is 1. The minimum Gasteiger partial charge on any atom is -0.482 e. The number of fused-ring (bicyclic) bond motifs is 1. The standard InChI is InChI=1S/C21H19BrClNO5/c1-11(25)7-16-12(2)15-8-17(23)19(9-18(15)29-21(16)27)28-10-20(26)24-14-5-3-13(22)4-6-14/h3-6,8-9,11,25H,7,10H2,1-2H3,(H,24,26)/t11-/m0/s1. The minimum atomic E-state index is -0.670. The fraction of sp³-hybridized carbons (Fsp3) is 0.238. The van der Waals surface area contributed by atoms with Gasteiger partial charge < -0.3 is 19.6 Å². The summed E-state index contributed by atoms with van der Waals surface area (Å²) in [6, 6.07) is 10.3. The number of ether oxygens (including phenoxy) is 1. The van der Waals surface area contributed by atoms with Crippen molar-refractivity contribution >= 4 is 50.1 Å². The molecule has 29 heavy (non-hydrogen) atoms. The van der Waals surface area contributed by atoms with Crippen LogP contribution in [0.5, 0.6) is 5.75 Å². The Bertz CT molecular complexity index is 1110. The van der Waals surface area contributed by atoms with E-state index in [1.54, 1.807) is 32.0 Å². The van der Waals surface area contributed by atoms with Crippen molar-refractivity contribution in [1.82, 2.24) is 0 Å². The Morgan fingerprint density at radius 2 is 2.00 bits per heavy atom. The lowest BCUT2D eigenvalue weighted by Gasteiger charge is -2.12. The van der Waals surface area contributed by atoms with E-state index in [1.807, 2.05) is 12.1 Å². The summed E-state index contributed by atoms with van der Waals surface area (Å²) >= 11 is 9.63. The Hall–Kier alpha value is -2.35. The summed E-state index contributed by atoms with van der Waals surface area (Å²) < 4.78 is 11.8. The Morgan fingerprint density at radius 1 is 1.31 bits per heavy atom. The molecule has 0 saturated carbocycles. The molecule has 0 aliphatic rings. The van der Waals surface area contributed by atoms with E-state index in [9.17, 15) is 14.7 Å². The molecule has 1 atom stereocenters. The van der Waals surface area contributed by atoms with Gasteiger partial charge >= 0.3 is 5.63 Å². The molecule has 8 heteroatoms. The average Bonchev–Trinajstić information content (AvgIpc) is 2.66. The van der Waals surface area contributed by atoms with E-state index in [0.717, 1.165) is 4.47 Å². The third-order valence-electron chi connectivity index (χ3n) is 4.33. The fourth-order valence-corrected chi connectivity index (χ4v) is 3.39. The molecule has 152 valence electrons. The zero-order valence-corrected chi connectivity index (χ0v) is 18.1. The smallest absolute Gasteiger partial charge is 0.339 e. The third kappa shape index (κ3) is 5.18. The van der Waals surface area contributed by atoms with Gasteiger partial charge in [-0.2, -0.15) is 0 Å². The number of nitrogens with one attached hydrogen (secondary N) is 1. The SMILES string of the molecule is Cc1c(C[C@H](C)O)c(=O)oc2cc(OCC(=O)Nc3ccc(Br)cc3)c(Cl)cc12. The van der Waals surface area contributed by atoms with E-state index >= 15 is 0 Å². The van der Waals surface area contributed by atoms with Crippen LogP contribution in [0.25, 0.3) is 11.0 Å². The van der Waals surface area contributed by atoms with Crippen molar-refractivity contribution in [2.45, 2.75) is 26.4 Å². The minimum absolute atomic E-state index is 0.191. The Kier molecular flexibility index (Phi) is 6.62. The van der Waals surface area contributed by atoms with Gasteiger partial charge in [-0.3, -0.25) is 4.79 Å². The van der Waals surface area contributed by atoms with Crippen LogP contribution >= 0.6 is 27.5 Å². The number of rotatable bonds is 6. The molecular weight excluding hydrogens is 462 g/mol. The predicted molar refractivity (Wildman–Crippen MR) is 116 cm³/mol. The van der Waals surface area contributed by atoms with E-state index in [2.05, 4.69) is 21.2 Å². The van der Waals surface area contributed by atoms with Gasteiger partial charge in [0.05, 0.1) is 11.1 Å². The number of aliphatic hydroxyl groups excluding tert-OH is 1. The number of amides is 1. The van der Waals surface area contributed by atoms with Crippen LogP contribution in [0.3, 0.4) is 0 Å². The van der Waals surface area contributed by atoms with Crippen LogP contribution in [-0.2, 0) is 11.2 Å². The quantitative estimate of drug-likeness (QED) is 0.509. The first kappa shape index (κ1) is 21.4. The van der Waals surface area contributed by atoms with Gasteiger partial charge in [-0.25, -0.2) is 4.79 Å². The highest BCUT2D eigenvalue weighted by Crippen LogP contribution is 2.32. The van der Waals surface area contributed by atoms with Crippen molar-refractivity contribution in [3.63, 3.8) is 0 Å². The molecule has 1 aromatic heterocycles. The summed E-state index contributed by atoms with van der Waals surface area (Å²) in [5, 5.41) is 13.3. The van der Waals surface area contributed by atoms with Gasteiger partial charge in [0.2, 0.25) is 0 Å². The summed E-state index contributed by atoms with van der Waals surface area (Å²) in [5.41, 5.74) is 1.52. The lowest BCUT2D eigenvalue weighted by atomic mass is 10.0. The van der Waals surface area contributed by atoms with Crippen molar-refractivity contribution in [3.05, 3.63) is 67.4 Å². The molecule has 0 bridgehead atoms. The summed E-state index contributed by atoms with van der Waals surface area (Å²) in [4.78, 5) is 24.4. The van der Waals surface area contributed by atoms with Crippen molar-refractivity contribution in [2.75, 3.05) is 11.9 Å². The molecule has 0 aliphatic heterocycles. The van der Waals surface area contributed by atoms with E-state index < -0.39 is 11.7 Å². The Balaban J connectivity index is 1.79. The second-order valence-electron chi connectivity index (χ2n) is 6.67. The molecule has 0 fully saturated rings. The summed E-state index contributed by atoms with van der Waals surface area (Å²) in [6.45, 7) is 3.12. The second-order valence-corrected chi connectivity index (χ2v) is 7.99. The van der Waals surface area contributed by atoms with Gasteiger partial charge in [-0.1, -0.05) is 27.5 Å². The maximum Gasteiger partial charge on any atom is 0.339 e.